The number of fused-ring (bicyclic) bond motifs is 1. The van der Waals surface area contributed by atoms with Crippen LogP contribution in [0.1, 0.15) is 44.1 Å². The van der Waals surface area contributed by atoms with Crippen LogP contribution in [0.2, 0.25) is 0 Å². The molecular weight excluding hydrogens is 341 g/mol. The topological polar surface area (TPSA) is 46.4 Å². The van der Waals surface area contributed by atoms with Crippen molar-refractivity contribution in [2.75, 3.05) is 5.32 Å². The van der Waals surface area contributed by atoms with Crippen LogP contribution >= 0.6 is 0 Å². The molecule has 2 aromatic heterocycles. The van der Waals surface area contributed by atoms with Crippen molar-refractivity contribution >= 4 is 17.4 Å². The molecule has 5 heteroatoms. The maximum Gasteiger partial charge on any atom is 0.225 e. The van der Waals surface area contributed by atoms with Crippen LogP contribution in [0.5, 0.6) is 0 Å². The molecule has 0 unspecified atom stereocenters. The molecular formula is C22H24FN3O. The zero-order valence-electron chi connectivity index (χ0n) is 15.5. The van der Waals surface area contributed by atoms with Crippen LogP contribution in [-0.2, 0) is 4.79 Å². The molecule has 1 saturated carbocycles. The standard InChI is InChI=1S/C22H24FN3O/c1-15-11-12-26-19(13-15)24-21(17-7-4-8-18(23)14-17)22(26)25-20(27)10-9-16-5-2-3-6-16/h4,7-8,11-14,16H,2-3,5-6,9-10H2,1H3,(H,25,27). The summed E-state index contributed by atoms with van der Waals surface area (Å²) in [6.07, 6.45) is 8.36. The largest absolute Gasteiger partial charge is 0.310 e. The van der Waals surface area contributed by atoms with Crippen molar-refractivity contribution in [1.82, 2.24) is 9.38 Å². The minimum absolute atomic E-state index is 0.0121. The van der Waals surface area contributed by atoms with Gasteiger partial charge in [-0.3, -0.25) is 9.20 Å². The highest BCUT2D eigenvalue weighted by Gasteiger charge is 2.19. The van der Waals surface area contributed by atoms with E-state index in [2.05, 4.69) is 10.3 Å². The van der Waals surface area contributed by atoms with Crippen LogP contribution in [0, 0.1) is 18.7 Å². The molecule has 0 saturated heterocycles. The number of amides is 1. The van der Waals surface area contributed by atoms with Crippen molar-refractivity contribution in [3.8, 4) is 11.3 Å². The molecule has 1 aliphatic rings. The van der Waals surface area contributed by atoms with Crippen LogP contribution in [0.25, 0.3) is 16.9 Å². The molecule has 0 radical (unpaired) electrons. The molecule has 1 aliphatic carbocycles. The third kappa shape index (κ3) is 3.87. The van der Waals surface area contributed by atoms with Gasteiger partial charge in [0.15, 0.2) is 0 Å². The maximum absolute atomic E-state index is 13.7. The van der Waals surface area contributed by atoms with Gasteiger partial charge in [0.05, 0.1) is 0 Å². The van der Waals surface area contributed by atoms with Crippen LogP contribution in [0.4, 0.5) is 10.2 Å². The highest BCUT2D eigenvalue weighted by Crippen LogP contribution is 2.31. The Morgan fingerprint density at radius 1 is 1.26 bits per heavy atom. The smallest absolute Gasteiger partial charge is 0.225 e. The highest BCUT2D eigenvalue weighted by molar-refractivity contribution is 5.94. The van der Waals surface area contributed by atoms with Crippen molar-refractivity contribution in [3.05, 3.63) is 54.0 Å². The summed E-state index contributed by atoms with van der Waals surface area (Å²) in [6, 6.07) is 10.2. The van der Waals surface area contributed by atoms with Gasteiger partial charge >= 0.3 is 0 Å². The quantitative estimate of drug-likeness (QED) is 0.662. The summed E-state index contributed by atoms with van der Waals surface area (Å²) >= 11 is 0. The summed E-state index contributed by atoms with van der Waals surface area (Å²) in [5.41, 5.74) is 3.06. The van der Waals surface area contributed by atoms with Gasteiger partial charge in [-0.05, 0) is 49.1 Å². The average molecular weight is 365 g/mol. The molecule has 0 atom stereocenters. The fourth-order valence-corrected chi connectivity index (χ4v) is 3.93. The Morgan fingerprint density at radius 2 is 2.07 bits per heavy atom. The zero-order chi connectivity index (χ0) is 18.8. The minimum Gasteiger partial charge on any atom is -0.310 e. The van der Waals surface area contributed by atoms with Gasteiger partial charge in [-0.25, -0.2) is 9.37 Å². The first-order valence-electron chi connectivity index (χ1n) is 9.64. The first-order valence-corrected chi connectivity index (χ1v) is 9.64. The molecule has 1 aromatic carbocycles. The number of anilines is 1. The van der Waals surface area contributed by atoms with Crippen LogP contribution < -0.4 is 5.32 Å². The lowest BCUT2D eigenvalue weighted by Crippen LogP contribution is -2.14. The molecule has 140 valence electrons. The van der Waals surface area contributed by atoms with E-state index in [0.29, 0.717) is 29.4 Å². The molecule has 0 spiro atoms. The van der Waals surface area contributed by atoms with E-state index in [1.807, 2.05) is 35.7 Å². The summed E-state index contributed by atoms with van der Waals surface area (Å²) in [5.74, 6) is 0.941. The number of rotatable bonds is 5. The number of aryl methyl sites for hydroxylation is 1. The van der Waals surface area contributed by atoms with E-state index in [1.165, 1.54) is 37.8 Å². The van der Waals surface area contributed by atoms with Crippen molar-refractivity contribution in [2.24, 2.45) is 5.92 Å². The van der Waals surface area contributed by atoms with E-state index in [0.717, 1.165) is 17.6 Å². The number of nitrogens with one attached hydrogen (secondary N) is 1. The summed E-state index contributed by atoms with van der Waals surface area (Å²) in [4.78, 5) is 17.3. The summed E-state index contributed by atoms with van der Waals surface area (Å²) in [6.45, 7) is 2.00. The third-order valence-electron chi connectivity index (χ3n) is 5.39. The molecule has 0 bridgehead atoms. The van der Waals surface area contributed by atoms with E-state index < -0.39 is 0 Å². The van der Waals surface area contributed by atoms with E-state index in [1.54, 1.807) is 6.07 Å². The predicted octanol–water partition coefficient (Wildman–Crippen LogP) is 5.36. The second-order valence-electron chi connectivity index (χ2n) is 7.49. The second kappa shape index (κ2) is 7.51. The number of hydrogen-bond donors (Lipinski definition) is 1. The monoisotopic (exact) mass is 365 g/mol. The van der Waals surface area contributed by atoms with Gasteiger partial charge in [-0.2, -0.15) is 0 Å². The van der Waals surface area contributed by atoms with Crippen molar-refractivity contribution < 1.29 is 9.18 Å². The summed E-state index contributed by atoms with van der Waals surface area (Å²) in [5, 5.41) is 3.03. The Bertz CT molecular complexity index is 973. The molecule has 1 amide bonds. The van der Waals surface area contributed by atoms with E-state index in [4.69, 9.17) is 0 Å². The second-order valence-corrected chi connectivity index (χ2v) is 7.49. The van der Waals surface area contributed by atoms with Gasteiger partial charge < -0.3 is 5.32 Å². The molecule has 4 nitrogen and oxygen atoms in total. The van der Waals surface area contributed by atoms with Crippen LogP contribution in [0.3, 0.4) is 0 Å². The van der Waals surface area contributed by atoms with Gasteiger partial charge in [-0.1, -0.05) is 37.8 Å². The molecule has 1 N–H and O–H groups in total. The fourth-order valence-electron chi connectivity index (χ4n) is 3.93. The zero-order valence-corrected chi connectivity index (χ0v) is 15.5. The van der Waals surface area contributed by atoms with E-state index in [9.17, 15) is 9.18 Å². The van der Waals surface area contributed by atoms with Crippen molar-refractivity contribution in [3.63, 3.8) is 0 Å². The first-order chi connectivity index (χ1) is 13.1. The number of hydrogen-bond acceptors (Lipinski definition) is 2. The van der Waals surface area contributed by atoms with Crippen LogP contribution in [-0.4, -0.2) is 15.3 Å². The van der Waals surface area contributed by atoms with Gasteiger partial charge in [-0.15, -0.1) is 0 Å². The minimum atomic E-state index is -0.320. The molecule has 27 heavy (non-hydrogen) atoms. The fraction of sp³-hybridized carbons (Fsp3) is 0.364. The Kier molecular flexibility index (Phi) is 4.92. The van der Waals surface area contributed by atoms with Crippen molar-refractivity contribution in [1.29, 1.82) is 0 Å². The number of carbonyl (C=O) groups excluding carboxylic acids is 1. The Morgan fingerprint density at radius 3 is 2.85 bits per heavy atom. The number of carbonyl (C=O) groups is 1. The molecule has 4 rings (SSSR count). The number of imidazole rings is 1. The normalized spacial score (nSPS) is 14.7. The van der Waals surface area contributed by atoms with E-state index in [-0.39, 0.29) is 11.7 Å². The van der Waals surface area contributed by atoms with Gasteiger partial charge in [0.25, 0.3) is 0 Å². The lowest BCUT2D eigenvalue weighted by molar-refractivity contribution is -0.116. The highest BCUT2D eigenvalue weighted by atomic mass is 19.1. The van der Waals surface area contributed by atoms with Gasteiger partial charge in [0, 0.05) is 18.2 Å². The molecule has 3 aromatic rings. The Balaban J connectivity index is 1.64. The Labute approximate surface area is 158 Å². The van der Waals surface area contributed by atoms with Crippen molar-refractivity contribution in [2.45, 2.75) is 45.4 Å². The van der Waals surface area contributed by atoms with Crippen LogP contribution in [0.15, 0.2) is 42.6 Å². The average Bonchev–Trinajstić information content (AvgIpc) is 3.28. The lowest BCUT2D eigenvalue weighted by Gasteiger charge is -2.10. The van der Waals surface area contributed by atoms with Gasteiger partial charge in [0.1, 0.15) is 23.0 Å². The molecule has 1 fully saturated rings. The predicted molar refractivity (Wildman–Crippen MR) is 105 cm³/mol. The summed E-state index contributed by atoms with van der Waals surface area (Å²) in [7, 11) is 0. The number of pyridine rings is 1. The number of nitrogens with zero attached hydrogens (tertiary/aromatic N) is 2. The summed E-state index contributed by atoms with van der Waals surface area (Å²) < 4.78 is 15.6. The number of benzene rings is 1. The number of aromatic nitrogens is 2. The molecule has 2 heterocycles. The van der Waals surface area contributed by atoms with Gasteiger partial charge in [0.2, 0.25) is 5.91 Å². The molecule has 0 aliphatic heterocycles. The maximum atomic E-state index is 13.7. The lowest BCUT2D eigenvalue weighted by atomic mass is 10.0. The third-order valence-corrected chi connectivity index (χ3v) is 5.39. The SMILES string of the molecule is Cc1ccn2c(NC(=O)CCC3CCCC3)c(-c3cccc(F)c3)nc2c1. The first kappa shape index (κ1) is 17.7. The number of halogens is 1. The van der Waals surface area contributed by atoms with E-state index >= 15 is 0 Å². The Hall–Kier alpha value is -2.69.